The first-order valence-corrected chi connectivity index (χ1v) is 12.4. The Labute approximate surface area is 205 Å². The third kappa shape index (κ3) is 5.87. The minimum atomic E-state index is 0. The third-order valence-electron chi connectivity index (χ3n) is 7.59. The molecule has 0 unspecified atom stereocenters. The fourth-order valence-electron chi connectivity index (χ4n) is 5.24. The summed E-state index contributed by atoms with van der Waals surface area (Å²) in [5.41, 5.74) is 5.60. The van der Waals surface area contributed by atoms with Gasteiger partial charge in [0.15, 0.2) is 0 Å². The summed E-state index contributed by atoms with van der Waals surface area (Å²) in [6.45, 7) is 12.7. The Morgan fingerprint density at radius 1 is 1.00 bits per heavy atom. The summed E-state index contributed by atoms with van der Waals surface area (Å²) in [5.74, 6) is 0.846. The smallest absolute Gasteiger partial charge is 0.225 e. The van der Waals surface area contributed by atoms with E-state index < -0.39 is 0 Å². The average Bonchev–Trinajstić information content (AvgIpc) is 2.80. The maximum Gasteiger partial charge on any atom is 0.225 e. The Morgan fingerprint density at radius 2 is 1.70 bits per heavy atom. The number of benzene rings is 1. The number of aromatic nitrogens is 2. The Bertz CT molecular complexity index is 922. The Kier molecular flexibility index (Phi) is 8.41. The van der Waals surface area contributed by atoms with Gasteiger partial charge in [0.25, 0.3) is 0 Å². The lowest BCUT2D eigenvalue weighted by molar-refractivity contribution is 0.281. The van der Waals surface area contributed by atoms with E-state index in [1.165, 1.54) is 29.5 Å². The number of hydrogen-bond donors (Lipinski definition) is 2. The Hall–Kier alpha value is -1.69. The second-order valence-electron chi connectivity index (χ2n) is 10.9. The average molecular weight is 473 g/mol. The largest absolute Gasteiger partial charge is 0.396 e. The summed E-state index contributed by atoms with van der Waals surface area (Å²) in [7, 11) is 0. The lowest BCUT2D eigenvalue weighted by atomic mass is 9.63. The zero-order chi connectivity index (χ0) is 22.8. The van der Waals surface area contributed by atoms with E-state index in [0.29, 0.717) is 6.04 Å². The highest BCUT2D eigenvalue weighted by Crippen LogP contribution is 2.46. The van der Waals surface area contributed by atoms with Crippen LogP contribution in [0.25, 0.3) is 11.3 Å². The predicted molar refractivity (Wildman–Crippen MR) is 140 cm³/mol. The molecule has 6 heteroatoms. The van der Waals surface area contributed by atoms with Crippen LogP contribution in [0.15, 0.2) is 30.5 Å². The van der Waals surface area contributed by atoms with Crippen LogP contribution in [-0.4, -0.2) is 47.4 Å². The summed E-state index contributed by atoms with van der Waals surface area (Å²) < 4.78 is 0. The molecular weight excluding hydrogens is 432 g/mol. The lowest BCUT2D eigenvalue weighted by Gasteiger charge is -2.42. The van der Waals surface area contributed by atoms with Crippen LogP contribution in [0.3, 0.4) is 0 Å². The lowest BCUT2D eigenvalue weighted by Crippen LogP contribution is -2.43. The van der Waals surface area contributed by atoms with Gasteiger partial charge in [-0.25, -0.2) is 9.97 Å². The Balaban J connectivity index is 0.00000306. The molecule has 5 nitrogen and oxygen atoms in total. The van der Waals surface area contributed by atoms with Crippen LogP contribution in [0.1, 0.15) is 77.3 Å². The van der Waals surface area contributed by atoms with Gasteiger partial charge in [-0.2, -0.15) is 0 Å². The van der Waals surface area contributed by atoms with Gasteiger partial charge in [-0.15, -0.1) is 12.4 Å². The molecule has 2 heterocycles. The standard InChI is InChI=1S/C27H40N4O.ClH/c1-26(2)12-13-27(3,4)23-19-20(7-8-22(23)26)24-9-15-29-25(30-24)31-16-10-21(11-17-31)28-14-5-6-18-32;/h7-9,15,19,21,28,32H,5-6,10-14,16-18H2,1-4H3;1H. The molecule has 2 aliphatic rings. The van der Waals surface area contributed by atoms with Crippen molar-refractivity contribution in [3.63, 3.8) is 0 Å². The van der Waals surface area contributed by atoms with E-state index in [4.69, 9.17) is 10.1 Å². The van der Waals surface area contributed by atoms with Crippen molar-refractivity contribution in [2.75, 3.05) is 31.1 Å². The maximum absolute atomic E-state index is 8.93. The van der Waals surface area contributed by atoms with Gasteiger partial charge in [0.1, 0.15) is 0 Å². The zero-order valence-electron chi connectivity index (χ0n) is 20.7. The second-order valence-corrected chi connectivity index (χ2v) is 10.9. The summed E-state index contributed by atoms with van der Waals surface area (Å²) in [4.78, 5) is 11.9. The van der Waals surface area contributed by atoms with Gasteiger partial charge in [0.2, 0.25) is 5.95 Å². The molecule has 0 radical (unpaired) electrons. The van der Waals surface area contributed by atoms with Gasteiger partial charge in [0, 0.05) is 37.5 Å². The fraction of sp³-hybridized carbons (Fsp3) is 0.630. The second kappa shape index (κ2) is 10.7. The highest BCUT2D eigenvalue weighted by molar-refractivity contribution is 5.85. The van der Waals surface area contributed by atoms with Crippen LogP contribution in [0, 0.1) is 0 Å². The summed E-state index contributed by atoms with van der Waals surface area (Å²) in [6, 6.07) is 9.56. The monoisotopic (exact) mass is 472 g/mol. The molecule has 0 amide bonds. The molecule has 182 valence electrons. The van der Waals surface area contributed by atoms with Crippen LogP contribution in [0.5, 0.6) is 0 Å². The van der Waals surface area contributed by atoms with E-state index in [2.05, 4.69) is 61.1 Å². The van der Waals surface area contributed by atoms with E-state index in [0.717, 1.165) is 57.0 Å². The molecule has 4 rings (SSSR count). The van der Waals surface area contributed by atoms with E-state index in [-0.39, 0.29) is 29.8 Å². The van der Waals surface area contributed by atoms with Gasteiger partial charge < -0.3 is 15.3 Å². The minimum Gasteiger partial charge on any atom is -0.396 e. The number of rotatable bonds is 7. The van der Waals surface area contributed by atoms with E-state index in [1.54, 1.807) is 0 Å². The summed E-state index contributed by atoms with van der Waals surface area (Å²) in [5, 5.41) is 12.6. The van der Waals surface area contributed by atoms with Crippen molar-refractivity contribution in [1.29, 1.82) is 0 Å². The van der Waals surface area contributed by atoms with E-state index >= 15 is 0 Å². The van der Waals surface area contributed by atoms with Crippen molar-refractivity contribution in [2.45, 2.75) is 83.1 Å². The van der Waals surface area contributed by atoms with Crippen molar-refractivity contribution in [1.82, 2.24) is 15.3 Å². The molecule has 2 aromatic rings. The van der Waals surface area contributed by atoms with Crippen molar-refractivity contribution < 1.29 is 5.11 Å². The molecule has 1 saturated heterocycles. The van der Waals surface area contributed by atoms with Crippen LogP contribution >= 0.6 is 12.4 Å². The number of hydrogen-bond acceptors (Lipinski definition) is 5. The topological polar surface area (TPSA) is 61.3 Å². The maximum atomic E-state index is 8.93. The van der Waals surface area contributed by atoms with Crippen molar-refractivity contribution >= 4 is 18.4 Å². The van der Waals surface area contributed by atoms with Crippen molar-refractivity contribution in [3.05, 3.63) is 41.6 Å². The number of halogens is 1. The molecule has 1 fully saturated rings. The summed E-state index contributed by atoms with van der Waals surface area (Å²) >= 11 is 0. The van der Waals surface area contributed by atoms with Gasteiger partial charge in [-0.05, 0) is 79.2 Å². The molecule has 0 spiro atoms. The van der Waals surface area contributed by atoms with Crippen molar-refractivity contribution in [3.8, 4) is 11.3 Å². The molecular formula is C27H41ClN4O. The number of nitrogens with one attached hydrogen (secondary N) is 1. The first-order chi connectivity index (χ1) is 15.3. The number of fused-ring (bicyclic) bond motifs is 1. The van der Waals surface area contributed by atoms with Crippen molar-refractivity contribution in [2.24, 2.45) is 0 Å². The van der Waals surface area contributed by atoms with Crippen LogP contribution in [0.4, 0.5) is 5.95 Å². The normalized spacial score (nSPS) is 19.6. The van der Waals surface area contributed by atoms with Gasteiger partial charge in [-0.3, -0.25) is 0 Å². The summed E-state index contributed by atoms with van der Waals surface area (Å²) in [6.07, 6.45) is 8.49. The SMILES string of the molecule is CC1(C)CCC(C)(C)c2cc(-c3ccnc(N4CCC(NCCCCO)CC4)n3)ccc21.Cl. The minimum absolute atomic E-state index is 0. The first-order valence-electron chi connectivity index (χ1n) is 12.4. The molecule has 2 N–H and O–H groups in total. The predicted octanol–water partition coefficient (Wildman–Crippen LogP) is 5.25. The number of piperidine rings is 1. The number of anilines is 1. The molecule has 1 aromatic heterocycles. The molecule has 33 heavy (non-hydrogen) atoms. The number of unbranched alkanes of at least 4 members (excludes halogenated alkanes) is 1. The van der Waals surface area contributed by atoms with Crippen LogP contribution < -0.4 is 10.2 Å². The van der Waals surface area contributed by atoms with E-state index in [1.807, 2.05) is 12.3 Å². The number of nitrogens with zero attached hydrogens (tertiary/aromatic N) is 3. The molecule has 1 aromatic carbocycles. The van der Waals surface area contributed by atoms with Crippen LogP contribution in [0.2, 0.25) is 0 Å². The Morgan fingerprint density at radius 3 is 2.39 bits per heavy atom. The fourth-order valence-corrected chi connectivity index (χ4v) is 5.24. The highest BCUT2D eigenvalue weighted by atomic mass is 35.5. The van der Waals surface area contributed by atoms with Gasteiger partial charge >= 0.3 is 0 Å². The quantitative estimate of drug-likeness (QED) is 0.539. The molecule has 1 aliphatic carbocycles. The zero-order valence-corrected chi connectivity index (χ0v) is 21.5. The molecule has 0 saturated carbocycles. The molecule has 0 bridgehead atoms. The molecule has 1 aliphatic heterocycles. The van der Waals surface area contributed by atoms with Gasteiger partial charge in [-0.1, -0.05) is 39.8 Å². The highest BCUT2D eigenvalue weighted by Gasteiger charge is 2.37. The van der Waals surface area contributed by atoms with Crippen LogP contribution in [-0.2, 0) is 10.8 Å². The van der Waals surface area contributed by atoms with E-state index in [9.17, 15) is 0 Å². The number of aliphatic hydroxyl groups is 1. The number of aliphatic hydroxyl groups excluding tert-OH is 1. The first kappa shape index (κ1) is 25.9. The van der Waals surface area contributed by atoms with Gasteiger partial charge in [0.05, 0.1) is 5.69 Å². The third-order valence-corrected chi connectivity index (χ3v) is 7.59. The molecule has 0 atom stereocenters.